The van der Waals surface area contributed by atoms with Crippen LogP contribution >= 0.6 is 0 Å². The zero-order chi connectivity index (χ0) is 19.9. The molecule has 7 nitrogen and oxygen atoms in total. The number of nitrogens with zero attached hydrogens (tertiary/aromatic N) is 2. The average molecular weight is 376 g/mol. The summed E-state index contributed by atoms with van der Waals surface area (Å²) in [6.07, 6.45) is 3.09. The first-order valence-corrected chi connectivity index (χ1v) is 8.82. The molecule has 3 aromatic rings. The van der Waals surface area contributed by atoms with Crippen LogP contribution < -0.4 is 16.2 Å². The van der Waals surface area contributed by atoms with Crippen LogP contribution in [0.15, 0.2) is 72.3 Å². The normalized spacial score (nSPS) is 10.4. The minimum absolute atomic E-state index is 0.0720. The van der Waals surface area contributed by atoms with E-state index in [1.165, 1.54) is 10.9 Å². The highest BCUT2D eigenvalue weighted by atomic mass is 16.2. The molecule has 142 valence electrons. The molecule has 1 aromatic heterocycles. The van der Waals surface area contributed by atoms with Gasteiger partial charge in [0.05, 0.1) is 28.5 Å². The minimum atomic E-state index is -0.302. The van der Waals surface area contributed by atoms with Crippen molar-refractivity contribution in [2.75, 3.05) is 11.9 Å². The number of nitrogens with one attached hydrogen (secondary N) is 2. The van der Waals surface area contributed by atoms with Gasteiger partial charge in [0, 0.05) is 19.5 Å². The van der Waals surface area contributed by atoms with Crippen molar-refractivity contribution >= 4 is 28.4 Å². The molecule has 2 amide bonds. The maximum absolute atomic E-state index is 12.5. The van der Waals surface area contributed by atoms with Gasteiger partial charge in [-0.05, 0) is 24.3 Å². The van der Waals surface area contributed by atoms with E-state index in [2.05, 4.69) is 22.2 Å². The molecule has 0 spiro atoms. The lowest BCUT2D eigenvalue weighted by Gasteiger charge is -2.11. The number of hydrogen-bond acceptors (Lipinski definition) is 4. The number of rotatable bonds is 7. The lowest BCUT2D eigenvalue weighted by Crippen LogP contribution is -2.26. The van der Waals surface area contributed by atoms with Gasteiger partial charge in [0.25, 0.3) is 11.5 Å². The van der Waals surface area contributed by atoms with E-state index >= 15 is 0 Å². The van der Waals surface area contributed by atoms with Gasteiger partial charge in [-0.25, -0.2) is 4.98 Å². The van der Waals surface area contributed by atoms with Gasteiger partial charge in [-0.1, -0.05) is 30.3 Å². The maximum atomic E-state index is 12.5. The Morgan fingerprint density at radius 1 is 1.11 bits per heavy atom. The number of para-hydroxylation sites is 2. The third-order valence-electron chi connectivity index (χ3n) is 4.16. The van der Waals surface area contributed by atoms with E-state index in [9.17, 15) is 14.4 Å². The molecule has 7 heteroatoms. The van der Waals surface area contributed by atoms with Crippen LogP contribution in [-0.4, -0.2) is 27.9 Å². The van der Waals surface area contributed by atoms with Crippen molar-refractivity contribution in [3.05, 3.63) is 83.4 Å². The first kappa shape index (κ1) is 19.0. The molecule has 2 N–H and O–H groups in total. The Bertz CT molecular complexity index is 1090. The monoisotopic (exact) mass is 376 g/mol. The van der Waals surface area contributed by atoms with Gasteiger partial charge >= 0.3 is 0 Å². The van der Waals surface area contributed by atoms with E-state index in [0.717, 1.165) is 0 Å². The van der Waals surface area contributed by atoms with Crippen molar-refractivity contribution in [1.29, 1.82) is 0 Å². The molecule has 0 aliphatic carbocycles. The summed E-state index contributed by atoms with van der Waals surface area (Å²) in [5.74, 6) is -0.602. The molecule has 1 heterocycles. The van der Waals surface area contributed by atoms with Crippen LogP contribution in [0.3, 0.4) is 0 Å². The summed E-state index contributed by atoms with van der Waals surface area (Å²) in [7, 11) is 0. The summed E-state index contributed by atoms with van der Waals surface area (Å²) < 4.78 is 1.41. The fourth-order valence-corrected chi connectivity index (χ4v) is 2.75. The topological polar surface area (TPSA) is 93.1 Å². The van der Waals surface area contributed by atoms with E-state index in [-0.39, 0.29) is 30.3 Å². The maximum Gasteiger partial charge on any atom is 0.261 e. The number of amides is 2. The fourth-order valence-electron chi connectivity index (χ4n) is 2.75. The van der Waals surface area contributed by atoms with E-state index < -0.39 is 0 Å². The smallest absolute Gasteiger partial charge is 0.261 e. The molecule has 0 bridgehead atoms. The number of benzene rings is 2. The Kier molecular flexibility index (Phi) is 5.96. The minimum Gasteiger partial charge on any atom is -0.349 e. The summed E-state index contributed by atoms with van der Waals surface area (Å²) >= 11 is 0. The number of carbonyl (C=O) groups is 2. The lowest BCUT2D eigenvalue weighted by molar-refractivity contribution is -0.116. The largest absolute Gasteiger partial charge is 0.349 e. The Morgan fingerprint density at radius 3 is 2.68 bits per heavy atom. The molecule has 0 atom stereocenters. The summed E-state index contributed by atoms with van der Waals surface area (Å²) in [4.78, 5) is 41.3. The van der Waals surface area contributed by atoms with Crippen LogP contribution in [0.1, 0.15) is 16.8 Å². The Morgan fingerprint density at radius 2 is 1.86 bits per heavy atom. The van der Waals surface area contributed by atoms with Crippen molar-refractivity contribution in [3.8, 4) is 0 Å². The van der Waals surface area contributed by atoms with Crippen molar-refractivity contribution in [1.82, 2.24) is 14.9 Å². The first-order chi connectivity index (χ1) is 13.6. The van der Waals surface area contributed by atoms with Gasteiger partial charge in [0.1, 0.15) is 0 Å². The molecule has 0 saturated heterocycles. The second kappa shape index (κ2) is 8.77. The summed E-state index contributed by atoms with van der Waals surface area (Å²) in [6, 6.07) is 13.8. The summed E-state index contributed by atoms with van der Waals surface area (Å²) in [5.41, 5.74) is 1.20. The quantitative estimate of drug-likeness (QED) is 0.619. The van der Waals surface area contributed by atoms with E-state index in [0.29, 0.717) is 28.7 Å². The molecule has 0 aliphatic heterocycles. The highest BCUT2D eigenvalue weighted by molar-refractivity contribution is 6.03. The number of fused-ring (bicyclic) bond motifs is 1. The van der Waals surface area contributed by atoms with Crippen molar-refractivity contribution in [2.24, 2.45) is 0 Å². The van der Waals surface area contributed by atoms with Gasteiger partial charge in [0.15, 0.2) is 0 Å². The third-order valence-corrected chi connectivity index (χ3v) is 4.16. The molecule has 0 saturated carbocycles. The second-order valence-electron chi connectivity index (χ2n) is 6.10. The van der Waals surface area contributed by atoms with E-state index in [4.69, 9.17) is 0 Å². The SMILES string of the molecule is C=CCNC(=O)c1ccccc1NC(=O)CCn1cnc2ccccc2c1=O. The molecule has 28 heavy (non-hydrogen) atoms. The zero-order valence-electron chi connectivity index (χ0n) is 15.2. The zero-order valence-corrected chi connectivity index (χ0v) is 15.2. The Labute approximate surface area is 161 Å². The van der Waals surface area contributed by atoms with Crippen molar-refractivity contribution < 1.29 is 9.59 Å². The Hall–Kier alpha value is -3.74. The highest BCUT2D eigenvalue weighted by Gasteiger charge is 2.13. The number of aryl methyl sites for hydroxylation is 1. The molecular weight excluding hydrogens is 356 g/mol. The van der Waals surface area contributed by atoms with Crippen LogP contribution in [0, 0.1) is 0 Å². The number of anilines is 1. The number of aromatic nitrogens is 2. The van der Waals surface area contributed by atoms with Crippen molar-refractivity contribution in [2.45, 2.75) is 13.0 Å². The van der Waals surface area contributed by atoms with Gasteiger partial charge in [0.2, 0.25) is 5.91 Å². The highest BCUT2D eigenvalue weighted by Crippen LogP contribution is 2.15. The van der Waals surface area contributed by atoms with Crippen LogP contribution in [-0.2, 0) is 11.3 Å². The third kappa shape index (κ3) is 4.32. The van der Waals surface area contributed by atoms with Crippen molar-refractivity contribution in [3.63, 3.8) is 0 Å². The molecule has 0 radical (unpaired) electrons. The summed E-state index contributed by atoms with van der Waals surface area (Å²) in [5, 5.41) is 5.92. The number of carbonyl (C=O) groups excluding carboxylic acids is 2. The van der Waals surface area contributed by atoms with Gasteiger partial charge in [-0.2, -0.15) is 0 Å². The molecule has 3 rings (SSSR count). The molecule has 2 aromatic carbocycles. The molecular formula is C21H20N4O3. The predicted octanol–water partition coefficient (Wildman–Crippen LogP) is 2.34. The fraction of sp³-hybridized carbons (Fsp3) is 0.143. The van der Waals surface area contributed by atoms with E-state index in [1.54, 1.807) is 48.5 Å². The molecule has 0 unspecified atom stereocenters. The summed E-state index contributed by atoms with van der Waals surface area (Å²) in [6.45, 7) is 4.08. The van der Waals surface area contributed by atoms with Gasteiger partial charge in [-0.3, -0.25) is 19.0 Å². The lowest BCUT2D eigenvalue weighted by atomic mass is 10.1. The predicted molar refractivity (Wildman–Crippen MR) is 108 cm³/mol. The van der Waals surface area contributed by atoms with Crippen LogP contribution in [0.4, 0.5) is 5.69 Å². The first-order valence-electron chi connectivity index (χ1n) is 8.82. The van der Waals surface area contributed by atoms with Gasteiger partial charge < -0.3 is 10.6 Å². The second-order valence-corrected chi connectivity index (χ2v) is 6.10. The van der Waals surface area contributed by atoms with Gasteiger partial charge in [-0.15, -0.1) is 6.58 Å². The molecule has 0 fully saturated rings. The number of hydrogen-bond donors (Lipinski definition) is 2. The average Bonchev–Trinajstić information content (AvgIpc) is 2.72. The van der Waals surface area contributed by atoms with E-state index in [1.807, 2.05) is 6.07 Å². The van der Waals surface area contributed by atoms with Crippen LogP contribution in [0.25, 0.3) is 10.9 Å². The van der Waals surface area contributed by atoms with Crippen LogP contribution in [0.2, 0.25) is 0 Å². The standard InChI is InChI=1S/C21H20N4O3/c1-2-12-22-20(27)15-7-3-6-10-18(15)24-19(26)11-13-25-14-23-17-9-5-4-8-16(17)21(25)28/h2-10,14H,1,11-13H2,(H,22,27)(H,24,26). The molecule has 0 aliphatic rings. The van der Waals surface area contributed by atoms with Crippen LogP contribution in [0.5, 0.6) is 0 Å². The Balaban J connectivity index is 1.69.